The summed E-state index contributed by atoms with van der Waals surface area (Å²) in [5.41, 5.74) is 0. The van der Waals surface area contributed by atoms with E-state index in [2.05, 4.69) is 24.1 Å². The number of carboxylic acid groups (broad SMARTS) is 1. The zero-order chi connectivity index (χ0) is 24.0. The Morgan fingerprint density at radius 1 is 0.848 bits per heavy atom. The molecule has 0 aromatic carbocycles. The Morgan fingerprint density at radius 3 is 1.82 bits per heavy atom. The summed E-state index contributed by atoms with van der Waals surface area (Å²) in [6, 6.07) is -0.0906. The first-order chi connectivity index (χ1) is 16.2. The lowest BCUT2D eigenvalue weighted by Crippen LogP contribution is -2.56. The second-order valence-corrected chi connectivity index (χ2v) is 10.2. The van der Waals surface area contributed by atoms with Crippen LogP contribution in [0.15, 0.2) is 0 Å². The SMILES string of the molecule is CCCCCCCCCCCCCCCCCCOCCCC(C(=O)O)N1CCNCC1C. The second-order valence-electron chi connectivity index (χ2n) is 10.2. The minimum absolute atomic E-state index is 0.283. The van der Waals surface area contributed by atoms with Crippen LogP contribution in [-0.4, -0.2) is 60.9 Å². The normalized spacial score (nSPS) is 17.9. The Labute approximate surface area is 205 Å². The number of hydrogen-bond acceptors (Lipinski definition) is 4. The summed E-state index contributed by atoms with van der Waals surface area (Å²) in [4.78, 5) is 13.8. The number of unbranched alkanes of at least 4 members (excludes halogenated alkanes) is 15. The first-order valence-corrected chi connectivity index (χ1v) is 14.4. The maximum atomic E-state index is 11.7. The van der Waals surface area contributed by atoms with Gasteiger partial charge < -0.3 is 15.2 Å². The summed E-state index contributed by atoms with van der Waals surface area (Å²) >= 11 is 0. The molecule has 0 aromatic rings. The molecule has 2 unspecified atom stereocenters. The third-order valence-corrected chi connectivity index (χ3v) is 7.15. The number of nitrogens with zero attached hydrogens (tertiary/aromatic N) is 1. The number of carbonyl (C=O) groups is 1. The summed E-state index contributed by atoms with van der Waals surface area (Å²) in [7, 11) is 0. The quantitative estimate of drug-likeness (QED) is 0.162. The minimum Gasteiger partial charge on any atom is -0.480 e. The number of piperazine rings is 1. The van der Waals surface area contributed by atoms with Crippen LogP contribution in [0.2, 0.25) is 0 Å². The molecule has 2 atom stereocenters. The van der Waals surface area contributed by atoms with Crippen LogP contribution in [0.5, 0.6) is 0 Å². The molecule has 1 rings (SSSR count). The summed E-state index contributed by atoms with van der Waals surface area (Å²) in [6.07, 6.45) is 23.6. The van der Waals surface area contributed by atoms with Crippen molar-refractivity contribution < 1.29 is 14.6 Å². The fourth-order valence-electron chi connectivity index (χ4n) is 4.98. The Balaban J connectivity index is 1.82. The molecule has 5 nitrogen and oxygen atoms in total. The van der Waals surface area contributed by atoms with Crippen molar-refractivity contribution in [3.8, 4) is 0 Å². The van der Waals surface area contributed by atoms with E-state index in [1.807, 2.05) is 0 Å². The number of hydrogen-bond donors (Lipinski definition) is 2. The highest BCUT2D eigenvalue weighted by Gasteiger charge is 2.30. The predicted molar refractivity (Wildman–Crippen MR) is 140 cm³/mol. The van der Waals surface area contributed by atoms with E-state index in [4.69, 9.17) is 4.74 Å². The van der Waals surface area contributed by atoms with Crippen LogP contribution in [0, 0.1) is 0 Å². The summed E-state index contributed by atoms with van der Waals surface area (Å²) < 4.78 is 5.77. The molecule has 0 bridgehead atoms. The summed E-state index contributed by atoms with van der Waals surface area (Å²) in [5, 5.41) is 12.9. The maximum Gasteiger partial charge on any atom is 0.320 e. The molecule has 0 aliphatic carbocycles. The van der Waals surface area contributed by atoms with Gasteiger partial charge in [-0.2, -0.15) is 0 Å². The van der Waals surface area contributed by atoms with Crippen LogP contribution in [0.25, 0.3) is 0 Å². The van der Waals surface area contributed by atoms with E-state index >= 15 is 0 Å². The summed E-state index contributed by atoms with van der Waals surface area (Å²) in [5.74, 6) is -0.693. The molecule has 0 radical (unpaired) electrons. The highest BCUT2D eigenvalue weighted by Crippen LogP contribution is 2.15. The van der Waals surface area contributed by atoms with Crippen molar-refractivity contribution in [1.82, 2.24) is 10.2 Å². The van der Waals surface area contributed by atoms with E-state index in [1.165, 1.54) is 96.3 Å². The third-order valence-electron chi connectivity index (χ3n) is 7.15. The van der Waals surface area contributed by atoms with E-state index in [0.29, 0.717) is 13.0 Å². The Kier molecular flexibility index (Phi) is 20.1. The van der Waals surface area contributed by atoms with Gasteiger partial charge in [0.1, 0.15) is 6.04 Å². The van der Waals surface area contributed by atoms with Crippen LogP contribution in [0.3, 0.4) is 0 Å². The highest BCUT2D eigenvalue weighted by molar-refractivity contribution is 5.73. The van der Waals surface area contributed by atoms with Gasteiger partial charge in [-0.05, 0) is 26.2 Å². The van der Waals surface area contributed by atoms with E-state index in [0.717, 1.165) is 39.1 Å². The lowest BCUT2D eigenvalue weighted by atomic mass is 10.0. The molecule has 1 fully saturated rings. The second kappa shape index (κ2) is 21.9. The fourth-order valence-corrected chi connectivity index (χ4v) is 4.98. The van der Waals surface area contributed by atoms with Gasteiger partial charge in [-0.25, -0.2) is 0 Å². The van der Waals surface area contributed by atoms with Gasteiger partial charge >= 0.3 is 5.97 Å². The van der Waals surface area contributed by atoms with Gasteiger partial charge in [0.25, 0.3) is 0 Å². The van der Waals surface area contributed by atoms with Crippen LogP contribution in [0.1, 0.15) is 129 Å². The summed E-state index contributed by atoms with van der Waals surface area (Å²) in [6.45, 7) is 8.47. The highest BCUT2D eigenvalue weighted by atomic mass is 16.5. The van der Waals surface area contributed by atoms with Gasteiger partial charge in [0.15, 0.2) is 0 Å². The number of carboxylic acids is 1. The van der Waals surface area contributed by atoms with Gasteiger partial charge in [0, 0.05) is 38.9 Å². The van der Waals surface area contributed by atoms with Gasteiger partial charge in [-0.3, -0.25) is 9.69 Å². The molecular weight excluding hydrogens is 412 g/mol. The maximum absolute atomic E-state index is 11.7. The largest absolute Gasteiger partial charge is 0.480 e. The molecule has 1 aliphatic heterocycles. The van der Waals surface area contributed by atoms with Crippen LogP contribution >= 0.6 is 0 Å². The van der Waals surface area contributed by atoms with Crippen LogP contribution in [0.4, 0.5) is 0 Å². The molecular formula is C28H56N2O3. The van der Waals surface area contributed by atoms with Crippen LogP contribution in [-0.2, 0) is 9.53 Å². The number of nitrogens with one attached hydrogen (secondary N) is 1. The number of aliphatic carboxylic acids is 1. The lowest BCUT2D eigenvalue weighted by Gasteiger charge is -2.38. The smallest absolute Gasteiger partial charge is 0.320 e. The predicted octanol–water partition coefficient (Wildman–Crippen LogP) is 6.79. The Morgan fingerprint density at radius 2 is 1.33 bits per heavy atom. The van der Waals surface area contributed by atoms with Crippen molar-refractivity contribution in [2.24, 2.45) is 0 Å². The van der Waals surface area contributed by atoms with E-state index < -0.39 is 5.97 Å². The molecule has 5 heteroatoms. The average molecular weight is 469 g/mol. The zero-order valence-corrected chi connectivity index (χ0v) is 22.1. The van der Waals surface area contributed by atoms with Gasteiger partial charge in [-0.1, -0.05) is 103 Å². The van der Waals surface area contributed by atoms with Crippen molar-refractivity contribution in [2.45, 2.75) is 142 Å². The monoisotopic (exact) mass is 468 g/mol. The molecule has 1 heterocycles. The van der Waals surface area contributed by atoms with Gasteiger partial charge in [-0.15, -0.1) is 0 Å². The first-order valence-electron chi connectivity index (χ1n) is 14.4. The molecule has 0 spiro atoms. The minimum atomic E-state index is -0.693. The zero-order valence-electron chi connectivity index (χ0n) is 22.1. The van der Waals surface area contributed by atoms with Crippen molar-refractivity contribution >= 4 is 5.97 Å². The Hall–Kier alpha value is -0.650. The molecule has 1 saturated heterocycles. The Bertz CT molecular complexity index is 447. The van der Waals surface area contributed by atoms with Crippen molar-refractivity contribution in [1.29, 1.82) is 0 Å². The topological polar surface area (TPSA) is 61.8 Å². The van der Waals surface area contributed by atoms with Crippen molar-refractivity contribution in [3.05, 3.63) is 0 Å². The first kappa shape index (κ1) is 30.4. The molecule has 196 valence electrons. The van der Waals surface area contributed by atoms with E-state index in [9.17, 15) is 9.90 Å². The number of rotatable bonds is 23. The van der Waals surface area contributed by atoms with Gasteiger partial charge in [0.2, 0.25) is 0 Å². The third kappa shape index (κ3) is 16.6. The standard InChI is InChI=1S/C28H56N2O3/c1-3-4-5-6-7-8-9-10-11-12-13-14-15-16-17-18-23-33-24-19-20-27(28(31)32)30-22-21-29-25-26(30)2/h26-27,29H,3-25H2,1-2H3,(H,31,32). The lowest BCUT2D eigenvalue weighted by molar-refractivity contribution is -0.145. The molecule has 0 saturated carbocycles. The van der Waals surface area contributed by atoms with Crippen molar-refractivity contribution in [2.75, 3.05) is 32.8 Å². The van der Waals surface area contributed by atoms with Gasteiger partial charge in [0.05, 0.1) is 0 Å². The van der Waals surface area contributed by atoms with E-state index in [1.54, 1.807) is 0 Å². The average Bonchev–Trinajstić information content (AvgIpc) is 2.80. The van der Waals surface area contributed by atoms with Crippen molar-refractivity contribution in [3.63, 3.8) is 0 Å². The molecule has 2 N–H and O–H groups in total. The fraction of sp³-hybridized carbons (Fsp3) is 0.964. The molecule has 33 heavy (non-hydrogen) atoms. The van der Waals surface area contributed by atoms with E-state index in [-0.39, 0.29) is 12.1 Å². The molecule has 0 amide bonds. The molecule has 1 aliphatic rings. The number of ether oxygens (including phenoxy) is 1. The van der Waals surface area contributed by atoms with Crippen LogP contribution < -0.4 is 5.32 Å². The molecule has 0 aromatic heterocycles.